The molecule has 0 aromatic carbocycles. The van der Waals surface area contributed by atoms with Crippen LogP contribution >= 0.6 is 0 Å². The summed E-state index contributed by atoms with van der Waals surface area (Å²) in [5.74, 6) is 0.220. The van der Waals surface area contributed by atoms with E-state index in [0.29, 0.717) is 6.42 Å². The van der Waals surface area contributed by atoms with E-state index in [-0.39, 0.29) is 11.4 Å². The Kier molecular flexibility index (Phi) is 2.54. The molecule has 0 spiro atoms. The third kappa shape index (κ3) is 2.17. The third-order valence-corrected chi connectivity index (χ3v) is 1.61. The fourth-order valence-corrected chi connectivity index (χ4v) is 0.936. The van der Waals surface area contributed by atoms with Crippen LogP contribution in [0.1, 0.15) is 24.0 Å². The van der Waals surface area contributed by atoms with Gasteiger partial charge in [0.2, 0.25) is 0 Å². The number of nitrogens with zero attached hydrogens (tertiary/aromatic N) is 2. The number of hydrogen-bond donors (Lipinski definition) is 0. The van der Waals surface area contributed by atoms with Crippen LogP contribution in [-0.2, 0) is 12.6 Å². The highest BCUT2D eigenvalue weighted by molar-refractivity contribution is 5.18. The standard InChI is InChI=1S/C8H9F3N2/c1-3-6-12-4-5(2)7(13-6)8(9,10)11/h4H,3H2,1-2H3. The van der Waals surface area contributed by atoms with Crippen LogP contribution in [0.3, 0.4) is 0 Å². The van der Waals surface area contributed by atoms with Gasteiger partial charge in [0.05, 0.1) is 0 Å². The minimum absolute atomic E-state index is 0.0599. The van der Waals surface area contributed by atoms with Crippen molar-refractivity contribution in [1.82, 2.24) is 9.97 Å². The molecule has 1 heterocycles. The minimum Gasteiger partial charge on any atom is -0.241 e. The molecule has 0 aliphatic carbocycles. The van der Waals surface area contributed by atoms with E-state index in [9.17, 15) is 13.2 Å². The van der Waals surface area contributed by atoms with Crippen molar-refractivity contribution in [2.45, 2.75) is 26.4 Å². The largest absolute Gasteiger partial charge is 0.433 e. The van der Waals surface area contributed by atoms with E-state index in [1.54, 1.807) is 6.92 Å². The molecule has 0 aliphatic heterocycles. The van der Waals surface area contributed by atoms with E-state index in [2.05, 4.69) is 9.97 Å². The molecule has 0 aliphatic rings. The quantitative estimate of drug-likeness (QED) is 0.679. The monoisotopic (exact) mass is 190 g/mol. The van der Waals surface area contributed by atoms with E-state index >= 15 is 0 Å². The first-order chi connectivity index (χ1) is 5.95. The predicted molar refractivity (Wildman–Crippen MR) is 41.1 cm³/mol. The number of aryl methyl sites for hydroxylation is 2. The van der Waals surface area contributed by atoms with Gasteiger partial charge in [0, 0.05) is 12.6 Å². The van der Waals surface area contributed by atoms with Crippen LogP contribution in [0.5, 0.6) is 0 Å². The van der Waals surface area contributed by atoms with Crippen molar-refractivity contribution < 1.29 is 13.2 Å². The van der Waals surface area contributed by atoms with Gasteiger partial charge in [0.25, 0.3) is 0 Å². The van der Waals surface area contributed by atoms with Crippen LogP contribution in [0.4, 0.5) is 13.2 Å². The van der Waals surface area contributed by atoms with E-state index in [1.807, 2.05) is 0 Å². The highest BCUT2D eigenvalue weighted by Gasteiger charge is 2.34. The topological polar surface area (TPSA) is 25.8 Å². The summed E-state index contributed by atoms with van der Waals surface area (Å²) >= 11 is 0. The maximum Gasteiger partial charge on any atom is 0.433 e. The van der Waals surface area contributed by atoms with Crippen LogP contribution in [0.15, 0.2) is 6.20 Å². The second-order valence-electron chi connectivity index (χ2n) is 2.67. The molecule has 0 saturated heterocycles. The van der Waals surface area contributed by atoms with Gasteiger partial charge in [0.15, 0.2) is 5.69 Å². The van der Waals surface area contributed by atoms with Crippen LogP contribution in [0, 0.1) is 6.92 Å². The van der Waals surface area contributed by atoms with Gasteiger partial charge in [-0.1, -0.05) is 6.92 Å². The summed E-state index contributed by atoms with van der Waals surface area (Å²) in [6.45, 7) is 3.06. The zero-order chi connectivity index (χ0) is 10.1. The van der Waals surface area contributed by atoms with Gasteiger partial charge >= 0.3 is 6.18 Å². The van der Waals surface area contributed by atoms with Crippen LogP contribution in [-0.4, -0.2) is 9.97 Å². The van der Waals surface area contributed by atoms with Crippen molar-refractivity contribution in [3.05, 3.63) is 23.3 Å². The highest BCUT2D eigenvalue weighted by atomic mass is 19.4. The second-order valence-corrected chi connectivity index (χ2v) is 2.67. The molecule has 1 rings (SSSR count). The molecule has 0 amide bonds. The number of alkyl halides is 3. The smallest absolute Gasteiger partial charge is 0.241 e. The maximum atomic E-state index is 12.3. The number of hydrogen-bond acceptors (Lipinski definition) is 2. The summed E-state index contributed by atoms with van der Waals surface area (Å²) in [7, 11) is 0. The molecule has 0 radical (unpaired) electrons. The molecule has 0 saturated carbocycles. The first-order valence-corrected chi connectivity index (χ1v) is 3.85. The molecule has 2 nitrogen and oxygen atoms in total. The number of aromatic nitrogens is 2. The first kappa shape index (κ1) is 9.95. The Morgan fingerprint density at radius 2 is 2.00 bits per heavy atom. The van der Waals surface area contributed by atoms with Crippen molar-refractivity contribution in [1.29, 1.82) is 0 Å². The molecule has 5 heteroatoms. The van der Waals surface area contributed by atoms with Gasteiger partial charge in [-0.3, -0.25) is 0 Å². The average Bonchev–Trinajstić information content (AvgIpc) is 2.03. The Morgan fingerprint density at radius 3 is 2.46 bits per heavy atom. The average molecular weight is 190 g/mol. The SMILES string of the molecule is CCc1ncc(C)c(C(F)(F)F)n1. The normalized spacial score (nSPS) is 11.8. The zero-order valence-electron chi connectivity index (χ0n) is 7.31. The fourth-order valence-electron chi connectivity index (χ4n) is 0.936. The maximum absolute atomic E-state index is 12.3. The van der Waals surface area contributed by atoms with E-state index < -0.39 is 11.9 Å². The Balaban J connectivity index is 3.19. The first-order valence-electron chi connectivity index (χ1n) is 3.85. The predicted octanol–water partition coefficient (Wildman–Crippen LogP) is 2.37. The van der Waals surface area contributed by atoms with E-state index in [1.165, 1.54) is 13.1 Å². The van der Waals surface area contributed by atoms with Gasteiger partial charge in [-0.25, -0.2) is 9.97 Å². The van der Waals surface area contributed by atoms with E-state index in [4.69, 9.17) is 0 Å². The van der Waals surface area contributed by atoms with Gasteiger partial charge in [-0.2, -0.15) is 13.2 Å². The van der Waals surface area contributed by atoms with Crippen molar-refractivity contribution in [3.63, 3.8) is 0 Å². The van der Waals surface area contributed by atoms with E-state index in [0.717, 1.165) is 0 Å². The molecule has 1 aromatic heterocycles. The van der Waals surface area contributed by atoms with Gasteiger partial charge in [0.1, 0.15) is 5.82 Å². The number of halogens is 3. The van der Waals surface area contributed by atoms with Gasteiger partial charge in [-0.15, -0.1) is 0 Å². The summed E-state index contributed by atoms with van der Waals surface area (Å²) < 4.78 is 36.8. The van der Waals surface area contributed by atoms with Crippen LogP contribution < -0.4 is 0 Å². The lowest BCUT2D eigenvalue weighted by molar-refractivity contribution is -0.141. The van der Waals surface area contributed by atoms with Crippen molar-refractivity contribution >= 4 is 0 Å². The summed E-state index contributed by atoms with van der Waals surface area (Å²) in [5.41, 5.74) is -0.774. The molecular weight excluding hydrogens is 181 g/mol. The third-order valence-electron chi connectivity index (χ3n) is 1.61. The number of rotatable bonds is 1. The van der Waals surface area contributed by atoms with Gasteiger partial charge in [-0.05, 0) is 12.5 Å². The Hall–Kier alpha value is -1.13. The van der Waals surface area contributed by atoms with Crippen molar-refractivity contribution in [2.75, 3.05) is 0 Å². The van der Waals surface area contributed by atoms with Crippen LogP contribution in [0.25, 0.3) is 0 Å². The summed E-state index contributed by atoms with van der Waals surface area (Å²) in [6.07, 6.45) is -2.77. The minimum atomic E-state index is -4.38. The molecule has 0 atom stereocenters. The molecular formula is C8H9F3N2. The molecule has 72 valence electrons. The lowest BCUT2D eigenvalue weighted by atomic mass is 10.2. The van der Waals surface area contributed by atoms with Crippen molar-refractivity contribution in [2.24, 2.45) is 0 Å². The summed E-state index contributed by atoms with van der Waals surface area (Å²) in [4.78, 5) is 7.19. The van der Waals surface area contributed by atoms with Crippen LogP contribution in [0.2, 0.25) is 0 Å². The molecule has 1 aromatic rings. The molecule has 13 heavy (non-hydrogen) atoms. The second kappa shape index (κ2) is 3.32. The molecule has 0 N–H and O–H groups in total. The van der Waals surface area contributed by atoms with Gasteiger partial charge < -0.3 is 0 Å². The lowest BCUT2D eigenvalue weighted by Crippen LogP contribution is -2.12. The molecule has 0 unspecified atom stereocenters. The Bertz CT molecular complexity index is 307. The summed E-state index contributed by atoms with van der Waals surface area (Å²) in [6, 6.07) is 0. The molecule has 0 bridgehead atoms. The fraction of sp³-hybridized carbons (Fsp3) is 0.500. The summed E-state index contributed by atoms with van der Waals surface area (Å²) in [5, 5.41) is 0. The Labute approximate surface area is 73.8 Å². The highest BCUT2D eigenvalue weighted by Crippen LogP contribution is 2.29. The molecule has 0 fully saturated rings. The Morgan fingerprint density at radius 1 is 1.38 bits per heavy atom. The van der Waals surface area contributed by atoms with Crippen molar-refractivity contribution in [3.8, 4) is 0 Å². The zero-order valence-corrected chi connectivity index (χ0v) is 7.31. The lowest BCUT2D eigenvalue weighted by Gasteiger charge is -2.08.